The summed E-state index contributed by atoms with van der Waals surface area (Å²) in [6.45, 7) is 3.34. The Bertz CT molecular complexity index is 346. The van der Waals surface area contributed by atoms with Gasteiger partial charge in [-0.3, -0.25) is 9.59 Å². The number of ketones is 1. The lowest BCUT2D eigenvalue weighted by Crippen LogP contribution is -2.35. The van der Waals surface area contributed by atoms with Crippen LogP contribution in [0.3, 0.4) is 0 Å². The first-order valence-electron chi connectivity index (χ1n) is 7.55. The molecule has 3 unspecified atom stereocenters. The SMILES string of the molecule is C=COC(=O)CCC(=O)C1CCCC2CCCCC21. The van der Waals surface area contributed by atoms with E-state index in [1.807, 2.05) is 0 Å². The van der Waals surface area contributed by atoms with Gasteiger partial charge in [-0.2, -0.15) is 0 Å². The molecule has 0 saturated heterocycles. The highest BCUT2D eigenvalue weighted by Crippen LogP contribution is 2.44. The van der Waals surface area contributed by atoms with Gasteiger partial charge in [0.15, 0.2) is 0 Å². The van der Waals surface area contributed by atoms with Crippen LogP contribution in [0.5, 0.6) is 0 Å². The third-order valence-corrected chi connectivity index (χ3v) is 4.78. The molecule has 0 spiro atoms. The van der Waals surface area contributed by atoms with Gasteiger partial charge >= 0.3 is 5.97 Å². The number of ether oxygens (including phenoxy) is 1. The van der Waals surface area contributed by atoms with Crippen molar-refractivity contribution in [2.45, 2.75) is 57.8 Å². The predicted octanol–water partition coefficient (Wildman–Crippen LogP) is 3.63. The number of carbonyl (C=O) groups is 2. The Labute approximate surface area is 115 Å². The van der Waals surface area contributed by atoms with E-state index in [1.165, 1.54) is 38.5 Å². The fourth-order valence-corrected chi connectivity index (χ4v) is 3.90. The van der Waals surface area contributed by atoms with Crippen molar-refractivity contribution < 1.29 is 14.3 Å². The highest BCUT2D eigenvalue weighted by molar-refractivity contribution is 5.85. The van der Waals surface area contributed by atoms with Crippen molar-refractivity contribution in [2.24, 2.45) is 17.8 Å². The first-order chi connectivity index (χ1) is 9.22. The van der Waals surface area contributed by atoms with Gasteiger partial charge in [0.25, 0.3) is 0 Å². The van der Waals surface area contributed by atoms with E-state index in [2.05, 4.69) is 11.3 Å². The van der Waals surface area contributed by atoms with E-state index in [-0.39, 0.29) is 24.1 Å². The van der Waals surface area contributed by atoms with Crippen LogP contribution in [-0.2, 0) is 14.3 Å². The number of Topliss-reactive ketones (excluding diaryl/α,β-unsaturated/α-hetero) is 1. The summed E-state index contributed by atoms with van der Waals surface area (Å²) in [5.74, 6) is 1.48. The minimum Gasteiger partial charge on any atom is -0.435 e. The molecule has 3 atom stereocenters. The second-order valence-corrected chi connectivity index (χ2v) is 5.87. The molecule has 0 radical (unpaired) electrons. The van der Waals surface area contributed by atoms with E-state index in [9.17, 15) is 9.59 Å². The molecular weight excluding hydrogens is 240 g/mol. The van der Waals surface area contributed by atoms with Gasteiger partial charge < -0.3 is 4.74 Å². The quantitative estimate of drug-likeness (QED) is 0.562. The number of hydrogen-bond acceptors (Lipinski definition) is 3. The van der Waals surface area contributed by atoms with E-state index in [1.54, 1.807) is 0 Å². The van der Waals surface area contributed by atoms with Crippen LogP contribution in [0.15, 0.2) is 12.8 Å². The van der Waals surface area contributed by atoms with Crippen LogP contribution >= 0.6 is 0 Å². The Morgan fingerprint density at radius 2 is 1.79 bits per heavy atom. The summed E-state index contributed by atoms with van der Waals surface area (Å²) in [5, 5.41) is 0. The van der Waals surface area contributed by atoms with Crippen molar-refractivity contribution in [1.82, 2.24) is 0 Å². The maximum Gasteiger partial charge on any atom is 0.311 e. The monoisotopic (exact) mass is 264 g/mol. The first-order valence-corrected chi connectivity index (χ1v) is 7.55. The molecule has 2 aliphatic rings. The van der Waals surface area contributed by atoms with Gasteiger partial charge in [0.2, 0.25) is 0 Å². The molecule has 2 rings (SSSR count). The molecule has 3 heteroatoms. The van der Waals surface area contributed by atoms with E-state index in [0.717, 1.165) is 18.6 Å². The number of hydrogen-bond donors (Lipinski definition) is 0. The van der Waals surface area contributed by atoms with Gasteiger partial charge in [-0.1, -0.05) is 38.7 Å². The minimum atomic E-state index is -0.348. The zero-order valence-electron chi connectivity index (χ0n) is 11.6. The molecule has 2 aliphatic carbocycles. The predicted molar refractivity (Wildman–Crippen MR) is 73.3 cm³/mol. The molecule has 2 saturated carbocycles. The standard InChI is InChI=1S/C16H24O3/c1-2-19-16(18)11-10-15(17)14-9-5-7-12-6-3-4-8-13(12)14/h2,12-14H,1,3-11H2. The van der Waals surface area contributed by atoms with Gasteiger partial charge in [0.1, 0.15) is 5.78 Å². The van der Waals surface area contributed by atoms with Crippen LogP contribution in [0.4, 0.5) is 0 Å². The third-order valence-electron chi connectivity index (χ3n) is 4.78. The van der Waals surface area contributed by atoms with Gasteiger partial charge in [-0.25, -0.2) is 0 Å². The average Bonchev–Trinajstić information content (AvgIpc) is 2.44. The molecule has 19 heavy (non-hydrogen) atoms. The molecule has 0 aromatic rings. The van der Waals surface area contributed by atoms with Crippen molar-refractivity contribution in [3.63, 3.8) is 0 Å². The highest BCUT2D eigenvalue weighted by atomic mass is 16.5. The number of fused-ring (bicyclic) bond motifs is 1. The zero-order chi connectivity index (χ0) is 13.7. The Hall–Kier alpha value is -1.12. The Kier molecular flexibility index (Phi) is 5.17. The molecule has 3 nitrogen and oxygen atoms in total. The molecule has 0 N–H and O–H groups in total. The summed E-state index contributed by atoms with van der Waals surface area (Å²) < 4.78 is 4.66. The van der Waals surface area contributed by atoms with Crippen LogP contribution < -0.4 is 0 Å². The van der Waals surface area contributed by atoms with Gasteiger partial charge in [0.05, 0.1) is 12.7 Å². The van der Waals surface area contributed by atoms with Crippen LogP contribution in [0, 0.1) is 17.8 Å². The lowest BCUT2D eigenvalue weighted by molar-refractivity contribution is -0.140. The summed E-state index contributed by atoms with van der Waals surface area (Å²) in [5.41, 5.74) is 0. The number of carbonyl (C=O) groups excluding carboxylic acids is 2. The maximum absolute atomic E-state index is 12.3. The van der Waals surface area contributed by atoms with Gasteiger partial charge in [-0.15, -0.1) is 0 Å². The molecule has 2 fully saturated rings. The normalized spacial score (nSPS) is 30.2. The van der Waals surface area contributed by atoms with Crippen LogP contribution in [0.2, 0.25) is 0 Å². The van der Waals surface area contributed by atoms with E-state index < -0.39 is 0 Å². The number of rotatable bonds is 5. The summed E-state index contributed by atoms with van der Waals surface area (Å²) >= 11 is 0. The van der Waals surface area contributed by atoms with Crippen LogP contribution in [0.25, 0.3) is 0 Å². The van der Waals surface area contributed by atoms with Crippen molar-refractivity contribution in [3.05, 3.63) is 12.8 Å². The molecule has 0 aromatic carbocycles. The van der Waals surface area contributed by atoms with Crippen molar-refractivity contribution >= 4 is 11.8 Å². The van der Waals surface area contributed by atoms with Gasteiger partial charge in [0, 0.05) is 12.3 Å². The molecule has 0 aromatic heterocycles. The summed E-state index contributed by atoms with van der Waals surface area (Å²) in [7, 11) is 0. The second-order valence-electron chi connectivity index (χ2n) is 5.87. The first kappa shape index (κ1) is 14.3. The van der Waals surface area contributed by atoms with E-state index in [0.29, 0.717) is 12.3 Å². The Balaban J connectivity index is 1.86. The largest absolute Gasteiger partial charge is 0.435 e. The molecule has 106 valence electrons. The molecule has 0 heterocycles. The zero-order valence-corrected chi connectivity index (χ0v) is 11.6. The van der Waals surface area contributed by atoms with Crippen LogP contribution in [0.1, 0.15) is 57.8 Å². The molecule has 0 amide bonds. The smallest absolute Gasteiger partial charge is 0.311 e. The molecule has 0 bridgehead atoms. The highest BCUT2D eigenvalue weighted by Gasteiger charge is 2.37. The lowest BCUT2D eigenvalue weighted by Gasteiger charge is -2.40. The van der Waals surface area contributed by atoms with Gasteiger partial charge in [-0.05, 0) is 24.7 Å². The Morgan fingerprint density at radius 3 is 2.58 bits per heavy atom. The van der Waals surface area contributed by atoms with E-state index >= 15 is 0 Å². The molecular formula is C16H24O3. The average molecular weight is 264 g/mol. The molecule has 0 aliphatic heterocycles. The fourth-order valence-electron chi connectivity index (χ4n) is 3.90. The maximum atomic E-state index is 12.3. The number of esters is 1. The second kappa shape index (κ2) is 6.88. The van der Waals surface area contributed by atoms with Crippen LogP contribution in [-0.4, -0.2) is 11.8 Å². The van der Waals surface area contributed by atoms with Crippen molar-refractivity contribution in [2.75, 3.05) is 0 Å². The lowest BCUT2D eigenvalue weighted by atomic mass is 9.64. The summed E-state index contributed by atoms with van der Waals surface area (Å²) in [6, 6.07) is 0. The fraction of sp³-hybridized carbons (Fsp3) is 0.750. The van der Waals surface area contributed by atoms with Crippen molar-refractivity contribution in [1.29, 1.82) is 0 Å². The Morgan fingerprint density at radius 1 is 1.05 bits per heavy atom. The topological polar surface area (TPSA) is 43.4 Å². The summed E-state index contributed by atoms with van der Waals surface area (Å²) in [6.07, 6.45) is 10.3. The third kappa shape index (κ3) is 3.68. The summed E-state index contributed by atoms with van der Waals surface area (Å²) in [4.78, 5) is 23.6. The van der Waals surface area contributed by atoms with Crippen molar-refractivity contribution in [3.8, 4) is 0 Å². The van der Waals surface area contributed by atoms with E-state index in [4.69, 9.17) is 0 Å². The minimum absolute atomic E-state index is 0.193.